The third kappa shape index (κ3) is 3.14. The van der Waals surface area contributed by atoms with E-state index in [1.807, 2.05) is 18.0 Å². The summed E-state index contributed by atoms with van der Waals surface area (Å²) in [6, 6.07) is 6.45. The minimum atomic E-state index is -0.243. The van der Waals surface area contributed by atoms with Crippen LogP contribution in [0.2, 0.25) is 5.02 Å². The standard InChI is InChI=1S/C12H11ClFN3/c1-17(12-15-6-10(13)7-16-12)8-9-3-2-4-11(14)5-9/h2-7H,8H2,1H3. The molecule has 0 aliphatic carbocycles. The van der Waals surface area contributed by atoms with Gasteiger partial charge in [0, 0.05) is 13.6 Å². The minimum absolute atomic E-state index is 0.243. The van der Waals surface area contributed by atoms with Crippen LogP contribution in [0.4, 0.5) is 10.3 Å². The van der Waals surface area contributed by atoms with Gasteiger partial charge in [0.25, 0.3) is 0 Å². The minimum Gasteiger partial charge on any atom is -0.340 e. The van der Waals surface area contributed by atoms with Gasteiger partial charge in [-0.15, -0.1) is 0 Å². The molecule has 0 aliphatic rings. The normalized spacial score (nSPS) is 10.3. The van der Waals surface area contributed by atoms with Crippen LogP contribution in [0.25, 0.3) is 0 Å². The molecule has 17 heavy (non-hydrogen) atoms. The molecule has 0 aliphatic heterocycles. The third-order valence-corrected chi connectivity index (χ3v) is 2.45. The van der Waals surface area contributed by atoms with E-state index in [0.29, 0.717) is 17.5 Å². The van der Waals surface area contributed by atoms with E-state index in [1.165, 1.54) is 24.5 Å². The van der Waals surface area contributed by atoms with Gasteiger partial charge in [-0.2, -0.15) is 0 Å². The summed E-state index contributed by atoms with van der Waals surface area (Å²) in [6.45, 7) is 0.541. The Kier molecular flexibility index (Phi) is 3.54. The first-order chi connectivity index (χ1) is 8.15. The third-order valence-electron chi connectivity index (χ3n) is 2.26. The number of halogens is 2. The lowest BCUT2D eigenvalue weighted by Crippen LogP contribution is -2.18. The smallest absolute Gasteiger partial charge is 0.225 e. The summed E-state index contributed by atoms with van der Waals surface area (Å²) < 4.78 is 13.0. The van der Waals surface area contributed by atoms with Crippen molar-refractivity contribution in [2.75, 3.05) is 11.9 Å². The molecule has 0 fully saturated rings. The molecule has 0 radical (unpaired) electrons. The fourth-order valence-electron chi connectivity index (χ4n) is 1.48. The second-order valence-electron chi connectivity index (χ2n) is 3.69. The molecule has 0 N–H and O–H groups in total. The molecule has 1 aromatic heterocycles. The number of aromatic nitrogens is 2. The Hall–Kier alpha value is -1.68. The lowest BCUT2D eigenvalue weighted by atomic mass is 10.2. The van der Waals surface area contributed by atoms with Gasteiger partial charge in [-0.25, -0.2) is 14.4 Å². The fraction of sp³-hybridized carbons (Fsp3) is 0.167. The number of hydrogen-bond donors (Lipinski definition) is 0. The van der Waals surface area contributed by atoms with Gasteiger partial charge in [-0.05, 0) is 17.7 Å². The van der Waals surface area contributed by atoms with Crippen LogP contribution in [-0.2, 0) is 6.54 Å². The summed E-state index contributed by atoms with van der Waals surface area (Å²) in [5.74, 6) is 0.312. The van der Waals surface area contributed by atoms with Crippen molar-refractivity contribution in [3.8, 4) is 0 Å². The molecule has 0 spiro atoms. The first-order valence-corrected chi connectivity index (χ1v) is 5.46. The summed E-state index contributed by atoms with van der Waals surface area (Å²) in [5.41, 5.74) is 0.867. The maximum absolute atomic E-state index is 13.0. The number of benzene rings is 1. The molecule has 0 saturated carbocycles. The number of nitrogens with zero attached hydrogens (tertiary/aromatic N) is 3. The highest BCUT2D eigenvalue weighted by Gasteiger charge is 2.05. The molecule has 88 valence electrons. The van der Waals surface area contributed by atoms with Gasteiger partial charge in [0.2, 0.25) is 5.95 Å². The zero-order chi connectivity index (χ0) is 12.3. The van der Waals surface area contributed by atoms with Crippen molar-refractivity contribution in [1.82, 2.24) is 9.97 Å². The Morgan fingerprint density at radius 2 is 2.00 bits per heavy atom. The summed E-state index contributed by atoms with van der Waals surface area (Å²) in [5, 5.41) is 0.493. The second kappa shape index (κ2) is 5.10. The van der Waals surface area contributed by atoms with E-state index in [2.05, 4.69) is 9.97 Å². The molecule has 2 aromatic rings. The van der Waals surface area contributed by atoms with E-state index in [9.17, 15) is 4.39 Å². The van der Waals surface area contributed by atoms with Crippen LogP contribution in [0.15, 0.2) is 36.7 Å². The Bertz CT molecular complexity index is 501. The highest BCUT2D eigenvalue weighted by atomic mass is 35.5. The molecule has 1 aromatic carbocycles. The van der Waals surface area contributed by atoms with Crippen molar-refractivity contribution in [3.05, 3.63) is 53.1 Å². The van der Waals surface area contributed by atoms with E-state index < -0.39 is 0 Å². The van der Waals surface area contributed by atoms with E-state index >= 15 is 0 Å². The van der Waals surface area contributed by atoms with Crippen LogP contribution in [-0.4, -0.2) is 17.0 Å². The molecule has 0 amide bonds. The largest absolute Gasteiger partial charge is 0.340 e. The Morgan fingerprint density at radius 3 is 2.65 bits per heavy atom. The summed E-state index contributed by atoms with van der Waals surface area (Å²) >= 11 is 5.70. The maximum Gasteiger partial charge on any atom is 0.225 e. The highest BCUT2D eigenvalue weighted by Crippen LogP contribution is 2.12. The number of anilines is 1. The molecule has 3 nitrogen and oxygen atoms in total. The summed E-state index contributed by atoms with van der Waals surface area (Å²) in [6.07, 6.45) is 3.07. The second-order valence-corrected chi connectivity index (χ2v) is 4.12. The van der Waals surface area contributed by atoms with E-state index in [1.54, 1.807) is 6.07 Å². The van der Waals surface area contributed by atoms with Gasteiger partial charge in [0.1, 0.15) is 5.82 Å². The predicted molar refractivity (Wildman–Crippen MR) is 65.5 cm³/mol. The molecule has 0 unspecified atom stereocenters. The van der Waals surface area contributed by atoms with Crippen molar-refractivity contribution in [2.24, 2.45) is 0 Å². The zero-order valence-electron chi connectivity index (χ0n) is 9.27. The van der Waals surface area contributed by atoms with E-state index in [0.717, 1.165) is 5.56 Å². The van der Waals surface area contributed by atoms with E-state index in [4.69, 9.17) is 11.6 Å². The van der Waals surface area contributed by atoms with Crippen molar-refractivity contribution in [1.29, 1.82) is 0 Å². The Balaban J connectivity index is 2.11. The molecule has 2 rings (SSSR count). The fourth-order valence-corrected chi connectivity index (χ4v) is 1.58. The molecule has 1 heterocycles. The topological polar surface area (TPSA) is 29.0 Å². The lowest BCUT2D eigenvalue weighted by Gasteiger charge is -2.16. The first kappa shape index (κ1) is 11.8. The average Bonchev–Trinajstić information content (AvgIpc) is 2.29. The first-order valence-electron chi connectivity index (χ1n) is 5.08. The van der Waals surface area contributed by atoms with Gasteiger partial charge < -0.3 is 4.90 Å². The lowest BCUT2D eigenvalue weighted by molar-refractivity contribution is 0.625. The molecular weight excluding hydrogens is 241 g/mol. The molecule has 0 saturated heterocycles. The van der Waals surface area contributed by atoms with Crippen molar-refractivity contribution >= 4 is 17.5 Å². The summed E-state index contributed by atoms with van der Waals surface area (Å²) in [4.78, 5) is 10.00. The quantitative estimate of drug-likeness (QED) is 0.840. The van der Waals surface area contributed by atoms with Crippen LogP contribution >= 0.6 is 11.6 Å². The molecule has 5 heteroatoms. The van der Waals surface area contributed by atoms with Crippen molar-refractivity contribution in [2.45, 2.75) is 6.54 Å². The van der Waals surface area contributed by atoms with Gasteiger partial charge in [0.15, 0.2) is 0 Å². The predicted octanol–water partition coefficient (Wildman–Crippen LogP) is 2.91. The van der Waals surface area contributed by atoms with Crippen LogP contribution in [0.5, 0.6) is 0 Å². The van der Waals surface area contributed by atoms with Gasteiger partial charge >= 0.3 is 0 Å². The molecular formula is C12H11ClFN3. The van der Waals surface area contributed by atoms with Gasteiger partial charge in [0.05, 0.1) is 17.4 Å². The van der Waals surface area contributed by atoms with Crippen molar-refractivity contribution in [3.63, 3.8) is 0 Å². The van der Waals surface area contributed by atoms with Crippen LogP contribution < -0.4 is 4.90 Å². The highest BCUT2D eigenvalue weighted by molar-refractivity contribution is 6.30. The van der Waals surface area contributed by atoms with E-state index in [-0.39, 0.29) is 5.82 Å². The number of rotatable bonds is 3. The van der Waals surface area contributed by atoms with Crippen LogP contribution in [0.1, 0.15) is 5.56 Å². The number of hydrogen-bond acceptors (Lipinski definition) is 3. The van der Waals surface area contributed by atoms with Gasteiger partial charge in [-0.3, -0.25) is 0 Å². The van der Waals surface area contributed by atoms with Crippen molar-refractivity contribution < 1.29 is 4.39 Å². The zero-order valence-corrected chi connectivity index (χ0v) is 10.0. The van der Waals surface area contributed by atoms with Gasteiger partial charge in [-0.1, -0.05) is 23.7 Å². The SMILES string of the molecule is CN(Cc1cccc(F)c1)c1ncc(Cl)cn1. The molecule has 0 bridgehead atoms. The average molecular weight is 252 g/mol. The molecule has 0 atom stereocenters. The Morgan fingerprint density at radius 1 is 1.29 bits per heavy atom. The van der Waals surface area contributed by atoms with Crippen LogP contribution in [0, 0.1) is 5.82 Å². The maximum atomic E-state index is 13.0. The summed E-state index contributed by atoms with van der Waals surface area (Å²) in [7, 11) is 1.84. The monoisotopic (exact) mass is 251 g/mol. The van der Waals surface area contributed by atoms with Crippen LogP contribution in [0.3, 0.4) is 0 Å². The Labute approximate surface area is 104 Å².